The van der Waals surface area contributed by atoms with E-state index in [1.165, 1.54) is 0 Å². The molecule has 0 radical (unpaired) electrons. The highest BCUT2D eigenvalue weighted by molar-refractivity contribution is 5.70. The maximum Gasteiger partial charge on any atom is 0.177 e. The van der Waals surface area contributed by atoms with Gasteiger partial charge in [0.25, 0.3) is 0 Å². The summed E-state index contributed by atoms with van der Waals surface area (Å²) in [5.41, 5.74) is 7.54. The summed E-state index contributed by atoms with van der Waals surface area (Å²) in [6.07, 6.45) is 3.78. The maximum absolute atomic E-state index is 6.01. The molecule has 0 atom stereocenters. The molecule has 1 aliphatic rings. The Labute approximate surface area is 75.2 Å². The topological polar surface area (TPSA) is 67.6 Å². The number of imidazole rings is 1. The van der Waals surface area contributed by atoms with Crippen LogP contribution in [0.1, 0.15) is 18.7 Å². The number of nitrogens with one attached hydrogen (secondary N) is 1. The van der Waals surface area contributed by atoms with Crippen molar-refractivity contribution in [2.75, 3.05) is 0 Å². The summed E-state index contributed by atoms with van der Waals surface area (Å²) in [5, 5.41) is 0. The summed E-state index contributed by atoms with van der Waals surface area (Å²) in [5.74, 6) is 0.876. The van der Waals surface area contributed by atoms with Crippen LogP contribution >= 0.6 is 0 Å². The molecular weight excluding hydrogens is 164 g/mol. The van der Waals surface area contributed by atoms with Crippen LogP contribution in [0.25, 0.3) is 11.2 Å². The van der Waals surface area contributed by atoms with Crippen LogP contribution in [0.3, 0.4) is 0 Å². The van der Waals surface area contributed by atoms with E-state index in [0.717, 1.165) is 29.8 Å². The molecule has 2 aromatic rings. The fourth-order valence-electron chi connectivity index (χ4n) is 1.45. The van der Waals surface area contributed by atoms with Crippen molar-refractivity contribution in [2.24, 2.45) is 5.73 Å². The molecule has 2 aromatic heterocycles. The number of hydrogen-bond acceptors (Lipinski definition) is 3. The Kier molecular flexibility index (Phi) is 1.13. The Bertz CT molecular complexity index is 422. The maximum atomic E-state index is 6.01. The highest BCUT2D eigenvalue weighted by Gasteiger charge is 2.43. The standard InChI is InChI=1S/C9H10N4/c10-9(3-4-9)8-12-6-2-1-5-11-7(6)13-8/h1-2,5H,3-4,10H2,(H,11,12,13). The second kappa shape index (κ2) is 2.09. The molecule has 0 saturated heterocycles. The van der Waals surface area contributed by atoms with Gasteiger partial charge in [-0.05, 0) is 25.0 Å². The third-order valence-electron chi connectivity index (χ3n) is 2.52. The number of nitrogens with two attached hydrogens (primary N) is 1. The summed E-state index contributed by atoms with van der Waals surface area (Å²) >= 11 is 0. The van der Waals surface area contributed by atoms with Crippen LogP contribution in [-0.4, -0.2) is 15.0 Å². The molecule has 2 heterocycles. The van der Waals surface area contributed by atoms with Gasteiger partial charge in [-0.15, -0.1) is 0 Å². The normalized spacial score (nSPS) is 19.2. The lowest BCUT2D eigenvalue weighted by Gasteiger charge is -2.01. The first kappa shape index (κ1) is 7.03. The van der Waals surface area contributed by atoms with Crippen LogP contribution < -0.4 is 5.73 Å². The van der Waals surface area contributed by atoms with Gasteiger partial charge in [0.1, 0.15) is 5.82 Å². The fraction of sp³-hybridized carbons (Fsp3) is 0.333. The Morgan fingerprint density at radius 2 is 2.31 bits per heavy atom. The molecule has 13 heavy (non-hydrogen) atoms. The van der Waals surface area contributed by atoms with E-state index in [1.807, 2.05) is 12.1 Å². The average molecular weight is 174 g/mol. The second-order valence-electron chi connectivity index (χ2n) is 3.62. The van der Waals surface area contributed by atoms with Gasteiger partial charge < -0.3 is 10.7 Å². The van der Waals surface area contributed by atoms with E-state index in [9.17, 15) is 0 Å². The molecule has 0 aromatic carbocycles. The molecule has 4 heteroatoms. The summed E-state index contributed by atoms with van der Waals surface area (Å²) in [4.78, 5) is 11.7. The number of hydrogen-bond donors (Lipinski definition) is 2. The number of fused-ring (bicyclic) bond motifs is 1. The van der Waals surface area contributed by atoms with E-state index in [-0.39, 0.29) is 5.54 Å². The molecule has 0 aliphatic heterocycles. The smallest absolute Gasteiger partial charge is 0.177 e. The molecule has 3 rings (SSSR count). The molecule has 4 nitrogen and oxygen atoms in total. The number of rotatable bonds is 1. The Morgan fingerprint density at radius 3 is 3.00 bits per heavy atom. The Balaban J connectivity index is 2.22. The van der Waals surface area contributed by atoms with E-state index in [1.54, 1.807) is 6.20 Å². The summed E-state index contributed by atoms with van der Waals surface area (Å²) in [6.45, 7) is 0. The quantitative estimate of drug-likeness (QED) is 0.675. The lowest BCUT2D eigenvalue weighted by Crippen LogP contribution is -2.20. The summed E-state index contributed by atoms with van der Waals surface area (Å²) in [6, 6.07) is 3.85. The van der Waals surface area contributed by atoms with Gasteiger partial charge in [0.2, 0.25) is 0 Å². The van der Waals surface area contributed by atoms with E-state index < -0.39 is 0 Å². The van der Waals surface area contributed by atoms with Crippen molar-refractivity contribution < 1.29 is 0 Å². The monoisotopic (exact) mass is 174 g/mol. The van der Waals surface area contributed by atoms with Crippen LogP contribution in [0.5, 0.6) is 0 Å². The lowest BCUT2D eigenvalue weighted by atomic mass is 10.3. The average Bonchev–Trinajstić information content (AvgIpc) is 2.76. The van der Waals surface area contributed by atoms with Crippen LogP contribution in [0.15, 0.2) is 18.3 Å². The molecule has 1 fully saturated rings. The number of pyridine rings is 1. The molecule has 0 spiro atoms. The molecule has 3 N–H and O–H groups in total. The van der Waals surface area contributed by atoms with Crippen molar-refractivity contribution >= 4 is 11.2 Å². The fourth-order valence-corrected chi connectivity index (χ4v) is 1.45. The predicted octanol–water partition coefficient (Wildman–Crippen LogP) is 0.906. The summed E-state index contributed by atoms with van der Waals surface area (Å²) in [7, 11) is 0. The van der Waals surface area contributed by atoms with Crippen molar-refractivity contribution in [2.45, 2.75) is 18.4 Å². The predicted molar refractivity (Wildman–Crippen MR) is 49.0 cm³/mol. The number of aromatic amines is 1. The van der Waals surface area contributed by atoms with E-state index >= 15 is 0 Å². The SMILES string of the molecule is NC1(c2nc3ncccc3[nH]2)CC1. The molecule has 0 amide bonds. The third-order valence-corrected chi connectivity index (χ3v) is 2.52. The van der Waals surface area contributed by atoms with Crippen molar-refractivity contribution in [1.29, 1.82) is 0 Å². The first-order chi connectivity index (χ1) is 6.28. The molecule has 66 valence electrons. The molecule has 0 bridgehead atoms. The third kappa shape index (κ3) is 0.954. The van der Waals surface area contributed by atoms with Gasteiger partial charge in [-0.1, -0.05) is 0 Å². The van der Waals surface area contributed by atoms with E-state index in [2.05, 4.69) is 15.0 Å². The van der Waals surface area contributed by atoms with Gasteiger partial charge in [0, 0.05) is 6.20 Å². The molecule has 1 saturated carbocycles. The minimum Gasteiger partial charge on any atom is -0.339 e. The van der Waals surface area contributed by atoms with Crippen LogP contribution in [0.4, 0.5) is 0 Å². The first-order valence-electron chi connectivity index (χ1n) is 4.38. The lowest BCUT2D eigenvalue weighted by molar-refractivity contribution is 0.688. The van der Waals surface area contributed by atoms with Crippen LogP contribution in [-0.2, 0) is 5.54 Å². The van der Waals surface area contributed by atoms with Gasteiger partial charge in [-0.25, -0.2) is 9.97 Å². The molecular formula is C9H10N4. The number of aromatic nitrogens is 3. The van der Waals surface area contributed by atoms with Gasteiger partial charge in [0.15, 0.2) is 5.65 Å². The zero-order chi connectivity index (χ0) is 8.89. The molecule has 0 unspecified atom stereocenters. The Hall–Kier alpha value is -1.42. The van der Waals surface area contributed by atoms with Gasteiger partial charge in [-0.2, -0.15) is 0 Å². The van der Waals surface area contributed by atoms with E-state index in [0.29, 0.717) is 0 Å². The van der Waals surface area contributed by atoms with Gasteiger partial charge in [-0.3, -0.25) is 0 Å². The molecule has 1 aliphatic carbocycles. The Morgan fingerprint density at radius 1 is 1.46 bits per heavy atom. The highest BCUT2D eigenvalue weighted by atomic mass is 15.1. The second-order valence-corrected chi connectivity index (χ2v) is 3.62. The highest BCUT2D eigenvalue weighted by Crippen LogP contribution is 2.41. The van der Waals surface area contributed by atoms with Crippen molar-refractivity contribution in [3.05, 3.63) is 24.2 Å². The van der Waals surface area contributed by atoms with Crippen molar-refractivity contribution in [3.63, 3.8) is 0 Å². The zero-order valence-electron chi connectivity index (χ0n) is 7.12. The largest absolute Gasteiger partial charge is 0.339 e. The zero-order valence-corrected chi connectivity index (χ0v) is 7.12. The van der Waals surface area contributed by atoms with Gasteiger partial charge >= 0.3 is 0 Å². The van der Waals surface area contributed by atoms with Crippen molar-refractivity contribution in [1.82, 2.24) is 15.0 Å². The minimum atomic E-state index is -0.194. The van der Waals surface area contributed by atoms with Crippen LogP contribution in [0.2, 0.25) is 0 Å². The summed E-state index contributed by atoms with van der Waals surface area (Å²) < 4.78 is 0. The minimum absolute atomic E-state index is 0.194. The van der Waals surface area contributed by atoms with Crippen LogP contribution in [0, 0.1) is 0 Å². The van der Waals surface area contributed by atoms with Crippen molar-refractivity contribution in [3.8, 4) is 0 Å². The number of nitrogens with zero attached hydrogens (tertiary/aromatic N) is 2. The number of H-pyrrole nitrogens is 1. The first-order valence-corrected chi connectivity index (χ1v) is 4.38. The van der Waals surface area contributed by atoms with Gasteiger partial charge in [0.05, 0.1) is 11.1 Å². The van der Waals surface area contributed by atoms with E-state index in [4.69, 9.17) is 5.73 Å².